The van der Waals surface area contributed by atoms with Gasteiger partial charge in [0.25, 0.3) is 0 Å². The van der Waals surface area contributed by atoms with Crippen molar-refractivity contribution in [2.24, 2.45) is 5.73 Å². The Balaban J connectivity index is 2.08. The van der Waals surface area contributed by atoms with Gasteiger partial charge in [-0.15, -0.1) is 0 Å². The zero-order chi connectivity index (χ0) is 15.2. The molecule has 2 aromatic carbocycles. The third kappa shape index (κ3) is 3.89. The van der Waals surface area contributed by atoms with E-state index in [9.17, 15) is 9.18 Å². The third-order valence-electron chi connectivity index (χ3n) is 3.29. The minimum atomic E-state index is -0.457. The lowest BCUT2D eigenvalue weighted by Gasteiger charge is -2.06. The molecule has 0 radical (unpaired) electrons. The smallest absolute Gasteiger partial charge is 0.167 e. The maximum absolute atomic E-state index is 13.6. The van der Waals surface area contributed by atoms with Gasteiger partial charge < -0.3 is 10.5 Å². The first-order valence-corrected chi connectivity index (χ1v) is 6.78. The summed E-state index contributed by atoms with van der Waals surface area (Å²) < 4.78 is 18.4. The van der Waals surface area contributed by atoms with E-state index in [2.05, 4.69) is 0 Å². The van der Waals surface area contributed by atoms with Crippen LogP contribution >= 0.6 is 0 Å². The average Bonchev–Trinajstić information content (AvgIpc) is 2.48. The predicted molar refractivity (Wildman–Crippen MR) is 80.2 cm³/mol. The first-order valence-electron chi connectivity index (χ1n) is 6.78. The number of ether oxygens (including phenoxy) is 1. The van der Waals surface area contributed by atoms with Gasteiger partial charge in [-0.1, -0.05) is 30.3 Å². The molecule has 0 saturated heterocycles. The molecule has 110 valence electrons. The minimum absolute atomic E-state index is 0.0427. The maximum atomic E-state index is 13.6. The monoisotopic (exact) mass is 287 g/mol. The van der Waals surface area contributed by atoms with Crippen LogP contribution in [0.25, 0.3) is 0 Å². The summed E-state index contributed by atoms with van der Waals surface area (Å²) in [4.78, 5) is 12.2. The Labute approximate surface area is 123 Å². The molecule has 0 aliphatic carbocycles. The van der Waals surface area contributed by atoms with Crippen molar-refractivity contribution in [1.29, 1.82) is 0 Å². The lowest BCUT2D eigenvalue weighted by molar-refractivity contribution is 0.0993. The third-order valence-corrected chi connectivity index (χ3v) is 3.29. The SMILES string of the molecule is COc1ccc(CC(=O)c2ccc(CCN)cc2)cc1F. The molecule has 2 aromatic rings. The Morgan fingerprint density at radius 1 is 1.14 bits per heavy atom. The largest absolute Gasteiger partial charge is 0.494 e. The fourth-order valence-corrected chi connectivity index (χ4v) is 2.13. The Kier molecular flexibility index (Phi) is 5.06. The van der Waals surface area contributed by atoms with E-state index >= 15 is 0 Å². The van der Waals surface area contributed by atoms with Crippen LogP contribution in [-0.4, -0.2) is 19.4 Å². The summed E-state index contributed by atoms with van der Waals surface area (Å²) in [6, 6.07) is 11.9. The molecular formula is C17H18FNO2. The Morgan fingerprint density at radius 2 is 1.81 bits per heavy atom. The van der Waals surface area contributed by atoms with Gasteiger partial charge in [0.1, 0.15) is 0 Å². The highest BCUT2D eigenvalue weighted by Gasteiger charge is 2.10. The molecule has 3 nitrogen and oxygen atoms in total. The van der Waals surface area contributed by atoms with E-state index in [0.29, 0.717) is 17.7 Å². The molecule has 0 atom stereocenters. The number of nitrogens with two attached hydrogens (primary N) is 1. The van der Waals surface area contributed by atoms with Gasteiger partial charge in [-0.3, -0.25) is 4.79 Å². The van der Waals surface area contributed by atoms with Crippen LogP contribution in [0.15, 0.2) is 42.5 Å². The van der Waals surface area contributed by atoms with Crippen LogP contribution in [0, 0.1) is 5.82 Å². The summed E-state index contributed by atoms with van der Waals surface area (Å²) in [5, 5.41) is 0. The van der Waals surface area contributed by atoms with Crippen LogP contribution in [-0.2, 0) is 12.8 Å². The summed E-state index contributed by atoms with van der Waals surface area (Å²) in [5.41, 5.74) is 7.83. The molecule has 2 N–H and O–H groups in total. The molecule has 4 heteroatoms. The van der Waals surface area contributed by atoms with E-state index in [4.69, 9.17) is 10.5 Å². The second-order valence-electron chi connectivity index (χ2n) is 4.80. The lowest BCUT2D eigenvalue weighted by Crippen LogP contribution is -2.06. The van der Waals surface area contributed by atoms with Crippen LogP contribution in [0.5, 0.6) is 5.75 Å². The maximum Gasteiger partial charge on any atom is 0.167 e. The lowest BCUT2D eigenvalue weighted by atomic mass is 10.0. The highest BCUT2D eigenvalue weighted by molar-refractivity contribution is 5.97. The fourth-order valence-electron chi connectivity index (χ4n) is 2.13. The van der Waals surface area contributed by atoms with E-state index in [-0.39, 0.29) is 18.0 Å². The summed E-state index contributed by atoms with van der Waals surface area (Å²) >= 11 is 0. The topological polar surface area (TPSA) is 52.3 Å². The van der Waals surface area contributed by atoms with E-state index in [1.165, 1.54) is 19.2 Å². The average molecular weight is 287 g/mol. The van der Waals surface area contributed by atoms with Crippen molar-refractivity contribution in [3.8, 4) is 5.75 Å². The predicted octanol–water partition coefficient (Wildman–Crippen LogP) is 2.76. The van der Waals surface area contributed by atoms with E-state index < -0.39 is 5.82 Å². The molecule has 0 amide bonds. The second-order valence-corrected chi connectivity index (χ2v) is 4.80. The van der Waals surface area contributed by atoms with Crippen molar-refractivity contribution in [3.05, 3.63) is 65.0 Å². The van der Waals surface area contributed by atoms with Gasteiger partial charge in [0, 0.05) is 12.0 Å². The normalized spacial score (nSPS) is 10.4. The van der Waals surface area contributed by atoms with Crippen LogP contribution < -0.4 is 10.5 Å². The van der Waals surface area contributed by atoms with Gasteiger partial charge in [-0.05, 0) is 36.2 Å². The number of hydrogen-bond donors (Lipinski definition) is 1. The van der Waals surface area contributed by atoms with Crippen molar-refractivity contribution >= 4 is 5.78 Å². The second kappa shape index (κ2) is 6.99. The fraction of sp³-hybridized carbons (Fsp3) is 0.235. The molecule has 0 bridgehead atoms. The highest BCUT2D eigenvalue weighted by atomic mass is 19.1. The number of methoxy groups -OCH3 is 1. The van der Waals surface area contributed by atoms with Gasteiger partial charge in [0.2, 0.25) is 0 Å². The van der Waals surface area contributed by atoms with Gasteiger partial charge >= 0.3 is 0 Å². The van der Waals surface area contributed by atoms with Crippen molar-refractivity contribution in [1.82, 2.24) is 0 Å². The summed E-state index contributed by atoms with van der Waals surface area (Å²) in [6.45, 7) is 0.582. The quantitative estimate of drug-likeness (QED) is 0.831. The number of Topliss-reactive ketones (excluding diaryl/α,β-unsaturated/α-hetero) is 1. The van der Waals surface area contributed by atoms with Gasteiger partial charge in [0.15, 0.2) is 17.3 Å². The van der Waals surface area contributed by atoms with Gasteiger partial charge in [-0.25, -0.2) is 4.39 Å². The Hall–Kier alpha value is -2.20. The minimum Gasteiger partial charge on any atom is -0.494 e. The molecule has 0 saturated carbocycles. The van der Waals surface area contributed by atoms with Crippen LogP contribution in [0.3, 0.4) is 0 Å². The van der Waals surface area contributed by atoms with E-state index in [1.807, 2.05) is 12.1 Å². The van der Waals surface area contributed by atoms with Crippen molar-refractivity contribution in [2.75, 3.05) is 13.7 Å². The molecule has 2 rings (SSSR count). The molecule has 0 heterocycles. The highest BCUT2D eigenvalue weighted by Crippen LogP contribution is 2.19. The number of benzene rings is 2. The van der Waals surface area contributed by atoms with Crippen molar-refractivity contribution in [3.63, 3.8) is 0 Å². The van der Waals surface area contributed by atoms with Crippen molar-refractivity contribution in [2.45, 2.75) is 12.8 Å². The standard InChI is InChI=1S/C17H18FNO2/c1-21-17-7-4-13(10-15(17)18)11-16(20)14-5-2-12(3-6-14)8-9-19/h2-7,10H,8-9,11,19H2,1H3. The van der Waals surface area contributed by atoms with Crippen molar-refractivity contribution < 1.29 is 13.9 Å². The summed E-state index contributed by atoms with van der Waals surface area (Å²) in [7, 11) is 1.41. The first-order chi connectivity index (χ1) is 10.1. The number of ketones is 1. The zero-order valence-corrected chi connectivity index (χ0v) is 11.9. The number of hydrogen-bond acceptors (Lipinski definition) is 3. The molecule has 21 heavy (non-hydrogen) atoms. The summed E-state index contributed by atoms with van der Waals surface area (Å²) in [5.74, 6) is -0.322. The Bertz CT molecular complexity index is 623. The van der Waals surface area contributed by atoms with Gasteiger partial charge in [0.05, 0.1) is 7.11 Å². The van der Waals surface area contributed by atoms with E-state index in [1.54, 1.807) is 18.2 Å². The molecule has 0 aromatic heterocycles. The van der Waals surface area contributed by atoms with Crippen LogP contribution in [0.4, 0.5) is 4.39 Å². The number of carbonyl (C=O) groups is 1. The molecule has 0 fully saturated rings. The van der Waals surface area contributed by atoms with E-state index in [0.717, 1.165) is 12.0 Å². The number of halogens is 1. The molecule has 0 aliphatic rings. The number of carbonyl (C=O) groups excluding carboxylic acids is 1. The van der Waals surface area contributed by atoms with Crippen LogP contribution in [0.2, 0.25) is 0 Å². The first kappa shape index (κ1) is 15.2. The molecule has 0 unspecified atom stereocenters. The molecule has 0 aliphatic heterocycles. The van der Waals surface area contributed by atoms with Gasteiger partial charge in [-0.2, -0.15) is 0 Å². The molecule has 0 spiro atoms. The Morgan fingerprint density at radius 3 is 2.38 bits per heavy atom. The summed E-state index contributed by atoms with van der Waals surface area (Å²) in [6.07, 6.45) is 0.954. The molecular weight excluding hydrogens is 269 g/mol. The number of rotatable bonds is 6. The van der Waals surface area contributed by atoms with Crippen LogP contribution in [0.1, 0.15) is 21.5 Å². The zero-order valence-electron chi connectivity index (χ0n) is 11.9.